The van der Waals surface area contributed by atoms with Crippen molar-refractivity contribution in [2.75, 3.05) is 18.5 Å². The molecular formula is C24H20N4O5. The number of non-ortho nitro benzene ring substituents is 1. The number of fused-ring (bicyclic) bond motifs is 1. The number of anilines is 1. The first kappa shape index (κ1) is 21.6. The van der Waals surface area contributed by atoms with E-state index in [2.05, 4.69) is 5.32 Å². The first-order valence-electron chi connectivity index (χ1n) is 10.1. The van der Waals surface area contributed by atoms with Gasteiger partial charge in [-0.2, -0.15) is 5.26 Å². The summed E-state index contributed by atoms with van der Waals surface area (Å²) in [5.74, 6) is 0.570. The number of nitro benzene ring substituents is 1. The van der Waals surface area contributed by atoms with Crippen LogP contribution in [0.25, 0.3) is 11.8 Å². The number of nitriles is 1. The number of nitrogens with zero attached hydrogens (tertiary/aromatic N) is 3. The second-order valence-electron chi connectivity index (χ2n) is 7.42. The third-order valence-corrected chi connectivity index (χ3v) is 5.23. The number of benzene rings is 2. The van der Waals surface area contributed by atoms with Gasteiger partial charge in [0.05, 0.1) is 10.6 Å². The van der Waals surface area contributed by atoms with E-state index in [9.17, 15) is 20.2 Å². The summed E-state index contributed by atoms with van der Waals surface area (Å²) in [5.41, 5.74) is 3.22. The van der Waals surface area contributed by atoms with Gasteiger partial charge >= 0.3 is 0 Å². The number of hydrogen-bond acceptors (Lipinski definition) is 6. The van der Waals surface area contributed by atoms with E-state index >= 15 is 0 Å². The average molecular weight is 444 g/mol. The van der Waals surface area contributed by atoms with Crippen molar-refractivity contribution in [2.24, 2.45) is 0 Å². The normalized spacial score (nSPS) is 12.7. The zero-order chi connectivity index (χ0) is 23.5. The summed E-state index contributed by atoms with van der Waals surface area (Å²) in [7, 11) is 0. The smallest absolute Gasteiger partial charge is 0.271 e. The SMILES string of the molecule is Cc1cc(/C=C(\C#N)C(=O)Nc2ccc3c(c2)OCCO3)c(C)n1-c1cccc([N+](=O)[O-])c1. The summed E-state index contributed by atoms with van der Waals surface area (Å²) in [4.78, 5) is 23.4. The fourth-order valence-electron chi connectivity index (χ4n) is 3.70. The van der Waals surface area contributed by atoms with E-state index in [0.29, 0.717) is 41.7 Å². The van der Waals surface area contributed by atoms with E-state index < -0.39 is 10.8 Å². The van der Waals surface area contributed by atoms with Gasteiger partial charge in [0.2, 0.25) is 0 Å². The molecule has 0 unspecified atom stereocenters. The third-order valence-electron chi connectivity index (χ3n) is 5.23. The van der Waals surface area contributed by atoms with Crippen molar-refractivity contribution >= 4 is 23.4 Å². The molecular weight excluding hydrogens is 424 g/mol. The number of amides is 1. The lowest BCUT2D eigenvalue weighted by Gasteiger charge is -2.18. The summed E-state index contributed by atoms with van der Waals surface area (Å²) < 4.78 is 12.8. The Morgan fingerprint density at radius 1 is 1.15 bits per heavy atom. The van der Waals surface area contributed by atoms with E-state index in [1.54, 1.807) is 30.3 Å². The summed E-state index contributed by atoms with van der Waals surface area (Å²) >= 11 is 0. The summed E-state index contributed by atoms with van der Waals surface area (Å²) in [5, 5.41) is 23.5. The minimum absolute atomic E-state index is 0.0198. The van der Waals surface area contributed by atoms with Gasteiger partial charge in [0.1, 0.15) is 24.9 Å². The predicted molar refractivity (Wildman–Crippen MR) is 122 cm³/mol. The lowest BCUT2D eigenvalue weighted by Crippen LogP contribution is -2.17. The number of carbonyl (C=O) groups excluding carboxylic acids is 1. The van der Waals surface area contributed by atoms with E-state index in [1.807, 2.05) is 30.6 Å². The molecule has 0 saturated carbocycles. The van der Waals surface area contributed by atoms with Gasteiger partial charge in [0, 0.05) is 35.3 Å². The number of nitrogens with one attached hydrogen (secondary N) is 1. The maximum atomic E-state index is 12.8. The van der Waals surface area contributed by atoms with Crippen LogP contribution in [0.4, 0.5) is 11.4 Å². The molecule has 0 bridgehead atoms. The maximum absolute atomic E-state index is 12.8. The first-order chi connectivity index (χ1) is 15.9. The molecule has 33 heavy (non-hydrogen) atoms. The van der Waals surface area contributed by atoms with Crippen LogP contribution in [0.15, 0.2) is 54.1 Å². The molecule has 2 heterocycles. The molecule has 0 radical (unpaired) electrons. The van der Waals surface area contributed by atoms with Crippen LogP contribution >= 0.6 is 0 Å². The zero-order valence-corrected chi connectivity index (χ0v) is 18.0. The van der Waals surface area contributed by atoms with Crippen LogP contribution in [0.5, 0.6) is 11.5 Å². The van der Waals surface area contributed by atoms with Gasteiger partial charge in [-0.15, -0.1) is 0 Å². The summed E-state index contributed by atoms with van der Waals surface area (Å²) in [6.07, 6.45) is 1.50. The molecule has 0 fully saturated rings. The van der Waals surface area contributed by atoms with Crippen molar-refractivity contribution in [3.05, 3.63) is 81.2 Å². The summed E-state index contributed by atoms with van der Waals surface area (Å²) in [6.45, 7) is 4.57. The van der Waals surface area contributed by atoms with Crippen LogP contribution in [0.1, 0.15) is 17.0 Å². The number of hydrogen-bond donors (Lipinski definition) is 1. The van der Waals surface area contributed by atoms with Crippen LogP contribution < -0.4 is 14.8 Å². The number of ether oxygens (including phenoxy) is 2. The molecule has 0 spiro atoms. The van der Waals surface area contributed by atoms with E-state index in [1.165, 1.54) is 18.2 Å². The van der Waals surface area contributed by atoms with Crippen molar-refractivity contribution in [3.8, 4) is 23.3 Å². The van der Waals surface area contributed by atoms with Gasteiger partial charge in [-0.3, -0.25) is 14.9 Å². The Balaban J connectivity index is 1.62. The molecule has 0 saturated heterocycles. The molecule has 1 N–H and O–H groups in total. The van der Waals surface area contributed by atoms with Gasteiger partial charge in [0.15, 0.2) is 11.5 Å². The van der Waals surface area contributed by atoms with Crippen molar-refractivity contribution in [1.29, 1.82) is 5.26 Å². The largest absolute Gasteiger partial charge is 0.486 e. The Hall–Kier alpha value is -4.58. The quantitative estimate of drug-likeness (QED) is 0.271. The second kappa shape index (κ2) is 8.88. The van der Waals surface area contributed by atoms with Crippen LogP contribution in [-0.4, -0.2) is 28.6 Å². The van der Waals surface area contributed by atoms with Crippen LogP contribution in [0.2, 0.25) is 0 Å². The Bertz CT molecular complexity index is 1330. The highest BCUT2D eigenvalue weighted by Gasteiger charge is 2.17. The maximum Gasteiger partial charge on any atom is 0.271 e. The van der Waals surface area contributed by atoms with Gasteiger partial charge in [0.25, 0.3) is 11.6 Å². The molecule has 9 heteroatoms. The zero-order valence-electron chi connectivity index (χ0n) is 18.0. The van der Waals surface area contributed by atoms with E-state index in [4.69, 9.17) is 9.47 Å². The van der Waals surface area contributed by atoms with Crippen molar-refractivity contribution in [1.82, 2.24) is 4.57 Å². The van der Waals surface area contributed by atoms with Crippen LogP contribution in [0.3, 0.4) is 0 Å². The fraction of sp³-hybridized carbons (Fsp3) is 0.167. The average Bonchev–Trinajstić information content (AvgIpc) is 3.09. The lowest BCUT2D eigenvalue weighted by atomic mass is 10.1. The molecule has 0 atom stereocenters. The first-order valence-corrected chi connectivity index (χ1v) is 10.1. The molecule has 166 valence electrons. The predicted octanol–water partition coefficient (Wildman–Crippen LogP) is 4.32. The molecule has 1 amide bonds. The van der Waals surface area contributed by atoms with Gasteiger partial charge in [-0.05, 0) is 49.8 Å². The van der Waals surface area contributed by atoms with Crippen LogP contribution in [0, 0.1) is 35.3 Å². The van der Waals surface area contributed by atoms with Crippen LogP contribution in [-0.2, 0) is 4.79 Å². The highest BCUT2D eigenvalue weighted by molar-refractivity contribution is 6.09. The molecule has 0 aliphatic carbocycles. The van der Waals surface area contributed by atoms with Gasteiger partial charge in [-0.25, -0.2) is 0 Å². The Labute approximate surface area is 189 Å². The monoisotopic (exact) mass is 444 g/mol. The fourth-order valence-corrected chi connectivity index (χ4v) is 3.70. The topological polar surface area (TPSA) is 119 Å². The van der Waals surface area contributed by atoms with E-state index in [0.717, 1.165) is 11.4 Å². The van der Waals surface area contributed by atoms with Crippen molar-refractivity contribution < 1.29 is 19.2 Å². The van der Waals surface area contributed by atoms with Gasteiger partial charge in [-0.1, -0.05) is 6.07 Å². The number of aromatic nitrogens is 1. The minimum Gasteiger partial charge on any atom is -0.486 e. The Kier molecular flexibility index (Phi) is 5.83. The lowest BCUT2D eigenvalue weighted by molar-refractivity contribution is -0.384. The second-order valence-corrected chi connectivity index (χ2v) is 7.42. The Morgan fingerprint density at radius 3 is 2.64 bits per heavy atom. The number of rotatable bonds is 5. The Morgan fingerprint density at radius 2 is 1.91 bits per heavy atom. The molecule has 1 aliphatic rings. The number of nitro groups is 1. The highest BCUT2D eigenvalue weighted by atomic mass is 16.6. The molecule has 1 aromatic heterocycles. The summed E-state index contributed by atoms with van der Waals surface area (Å²) in [6, 6.07) is 15.1. The number of aryl methyl sites for hydroxylation is 1. The number of carbonyl (C=O) groups is 1. The van der Waals surface area contributed by atoms with E-state index in [-0.39, 0.29) is 11.3 Å². The third kappa shape index (κ3) is 4.41. The minimum atomic E-state index is -0.561. The molecule has 1 aliphatic heterocycles. The van der Waals surface area contributed by atoms with Crippen molar-refractivity contribution in [3.63, 3.8) is 0 Å². The molecule has 2 aromatic carbocycles. The highest BCUT2D eigenvalue weighted by Crippen LogP contribution is 2.33. The molecule has 4 rings (SSSR count). The van der Waals surface area contributed by atoms with Gasteiger partial charge < -0.3 is 19.4 Å². The standard InChI is InChI=1S/C24H20N4O5/c1-15-10-17(16(2)27(15)20-4-3-5-21(13-20)28(30)31)11-18(14-25)24(29)26-19-6-7-22-23(12-19)33-9-8-32-22/h3-7,10-13H,8-9H2,1-2H3,(H,26,29)/b18-11+. The molecule has 9 nitrogen and oxygen atoms in total. The van der Waals surface area contributed by atoms with Crippen molar-refractivity contribution in [2.45, 2.75) is 13.8 Å². The molecule has 3 aromatic rings.